The molecule has 346 valence electrons. The minimum atomic E-state index is -4.51. The van der Waals surface area contributed by atoms with E-state index < -0.39 is 105 Å². The fourth-order valence-corrected chi connectivity index (χ4v) is 11.5. The molecule has 2 unspecified atom stereocenters. The molecule has 0 saturated carbocycles. The van der Waals surface area contributed by atoms with Gasteiger partial charge in [0, 0.05) is 32.8 Å². The molecule has 1 amide bonds. The lowest BCUT2D eigenvalue weighted by atomic mass is 9.98. The van der Waals surface area contributed by atoms with Crippen LogP contribution in [0.3, 0.4) is 0 Å². The maximum atomic E-state index is 14.3. The van der Waals surface area contributed by atoms with Gasteiger partial charge < -0.3 is 33.3 Å². The fourth-order valence-electron chi connectivity index (χ4n) is 6.78. The van der Waals surface area contributed by atoms with Gasteiger partial charge in [-0.3, -0.25) is 32.6 Å². The van der Waals surface area contributed by atoms with E-state index in [-0.39, 0.29) is 34.5 Å². The van der Waals surface area contributed by atoms with Gasteiger partial charge in [-0.2, -0.15) is 4.98 Å². The Morgan fingerprint density at radius 1 is 0.968 bits per heavy atom. The molecule has 0 spiro atoms. The Labute approximate surface area is 365 Å². The zero-order chi connectivity index (χ0) is 45.9. The molecule has 6 rings (SSSR count). The Bertz CT molecular complexity index is 2300. The number of carbonyl (C=O) groups is 3. The van der Waals surface area contributed by atoms with Gasteiger partial charge in [0.2, 0.25) is 19.5 Å². The number of hydrogen-bond donors (Lipinski definition) is 1. The molecule has 2 aromatic heterocycles. The van der Waals surface area contributed by atoms with E-state index >= 15 is 0 Å². The van der Waals surface area contributed by atoms with Crippen LogP contribution in [-0.2, 0) is 72.4 Å². The van der Waals surface area contributed by atoms with Crippen LogP contribution in [0.2, 0.25) is 0 Å². The number of benzene rings is 1. The molecule has 3 aromatic rings. The highest BCUT2D eigenvalue weighted by atomic mass is 32.2. The summed E-state index contributed by atoms with van der Waals surface area (Å²) >= 11 is 0. The molecule has 0 aliphatic carbocycles. The molecule has 7 atom stereocenters. The Morgan fingerprint density at radius 3 is 2.21 bits per heavy atom. The lowest BCUT2D eigenvalue weighted by Gasteiger charge is -2.28. The van der Waals surface area contributed by atoms with Gasteiger partial charge in [0.15, 0.2) is 21.5 Å². The highest BCUT2D eigenvalue weighted by Crippen LogP contribution is 2.58. The fraction of sp³-hybridized carbons (Fsp3) is 0.605. The van der Waals surface area contributed by atoms with Crippen molar-refractivity contribution in [3.8, 4) is 0 Å². The zero-order valence-corrected chi connectivity index (χ0v) is 38.7. The second-order valence-corrected chi connectivity index (χ2v) is 22.4. The minimum absolute atomic E-state index is 0.0183. The molecule has 3 saturated heterocycles. The number of aromatic nitrogens is 5. The number of ether oxygens (including phenoxy) is 4. The van der Waals surface area contributed by atoms with Crippen LogP contribution in [0.25, 0.3) is 0 Å². The van der Waals surface area contributed by atoms with E-state index in [4.69, 9.17) is 37.0 Å². The van der Waals surface area contributed by atoms with Crippen LogP contribution in [0, 0.1) is 10.8 Å². The van der Waals surface area contributed by atoms with Crippen LogP contribution in [0.15, 0.2) is 58.5 Å². The van der Waals surface area contributed by atoms with E-state index in [1.54, 1.807) is 59.7 Å². The standard InChI is InChI=1S/C38H53N7O15P2S/c1-24(46)39-29-16-18-44(36(49)40-29)33-32(53-8)31(60-61-45-17-12-15-26(45)28(59-61)21-63(51,52)25-13-10-9-11-14-25)27(58-33)19-43-20-30(41-42-43)62(50,56-22-54-34(47)37(2,3)4)57-23-55-35(48)38(5,6)7/h9-11,13-14,16,18,20,26-28,31-33H,12,15,17,19,21-23H2,1-8H3,(H,39,40,46,49)/t26-,27+,28+,31?,32?,33+,61-/m0/s1. The van der Waals surface area contributed by atoms with Crippen molar-refractivity contribution in [2.45, 2.75) is 109 Å². The highest BCUT2D eigenvalue weighted by molar-refractivity contribution is 7.91. The van der Waals surface area contributed by atoms with Gasteiger partial charge in [-0.1, -0.05) is 23.4 Å². The first-order valence-electron chi connectivity index (χ1n) is 20.0. The predicted octanol–water partition coefficient (Wildman–Crippen LogP) is 3.30. The Balaban J connectivity index is 1.28. The first-order valence-corrected chi connectivity index (χ1v) is 24.3. The maximum absolute atomic E-state index is 14.3. The summed E-state index contributed by atoms with van der Waals surface area (Å²) in [5.74, 6) is -2.00. The van der Waals surface area contributed by atoms with Gasteiger partial charge in [0.1, 0.15) is 24.1 Å². The molecule has 3 fully saturated rings. The number of rotatable bonds is 17. The molecule has 5 heterocycles. The van der Waals surface area contributed by atoms with Crippen LogP contribution < -0.4 is 16.4 Å². The molecule has 25 heteroatoms. The first kappa shape index (κ1) is 48.4. The van der Waals surface area contributed by atoms with Gasteiger partial charge in [-0.25, -0.2) is 22.6 Å². The topological polar surface area (TPSA) is 257 Å². The molecule has 3 aliphatic rings. The predicted molar refractivity (Wildman–Crippen MR) is 223 cm³/mol. The summed E-state index contributed by atoms with van der Waals surface area (Å²) in [5, 5.41) is 10.6. The van der Waals surface area contributed by atoms with Crippen LogP contribution in [0.1, 0.15) is 67.5 Å². The van der Waals surface area contributed by atoms with E-state index in [9.17, 15) is 32.2 Å². The number of carbonyl (C=O) groups excluding carboxylic acids is 3. The van der Waals surface area contributed by atoms with E-state index in [0.29, 0.717) is 13.0 Å². The van der Waals surface area contributed by atoms with Crippen molar-refractivity contribution in [1.29, 1.82) is 0 Å². The SMILES string of the molecule is COC1C(O[P@]2O[C@H](CS(=O)(=O)c3ccccc3)[C@@H]3CCCN32)[C@@H](Cn2cc(P(=O)(OCOC(=O)C(C)(C)C)OCOC(=O)C(C)(C)C)nn2)O[C@H]1n1ccc(NC(C)=O)nc1=O. The summed E-state index contributed by atoms with van der Waals surface area (Å²) in [4.78, 5) is 54.1. The zero-order valence-electron chi connectivity index (χ0n) is 36.1. The summed E-state index contributed by atoms with van der Waals surface area (Å²) in [5.41, 5.74) is -2.93. The van der Waals surface area contributed by atoms with Gasteiger partial charge >= 0.3 is 25.2 Å². The number of amides is 1. The maximum Gasteiger partial charge on any atom is 0.388 e. The molecule has 0 radical (unpaired) electrons. The average molecular weight is 942 g/mol. The Hall–Kier alpha value is -4.02. The summed E-state index contributed by atoms with van der Waals surface area (Å²) in [6.45, 7) is 9.80. The number of fused-ring (bicyclic) bond motifs is 1. The van der Waals surface area contributed by atoms with Crippen LogP contribution in [0.4, 0.5) is 5.82 Å². The monoisotopic (exact) mass is 941 g/mol. The number of nitrogens with one attached hydrogen (secondary N) is 1. The summed E-state index contributed by atoms with van der Waals surface area (Å²) in [7, 11) is -8.76. The summed E-state index contributed by atoms with van der Waals surface area (Å²) in [6.07, 6.45) is -0.823. The second kappa shape index (κ2) is 19.6. The number of hydrogen-bond acceptors (Lipinski definition) is 19. The summed E-state index contributed by atoms with van der Waals surface area (Å²) in [6, 6.07) is 9.28. The van der Waals surface area contributed by atoms with E-state index in [2.05, 4.69) is 20.6 Å². The Morgan fingerprint density at radius 2 is 1.62 bits per heavy atom. The van der Waals surface area contributed by atoms with Crippen LogP contribution in [-0.4, -0.2) is 119 Å². The van der Waals surface area contributed by atoms with E-state index in [1.807, 2.05) is 4.67 Å². The molecular weight excluding hydrogens is 888 g/mol. The van der Waals surface area contributed by atoms with Crippen molar-refractivity contribution in [2.24, 2.45) is 10.8 Å². The molecule has 22 nitrogen and oxygen atoms in total. The van der Waals surface area contributed by atoms with Gasteiger partial charge in [0.25, 0.3) is 8.53 Å². The number of esters is 2. The second-order valence-electron chi connectivity index (χ2n) is 17.0. The van der Waals surface area contributed by atoms with Gasteiger partial charge in [-0.05, 0) is 72.6 Å². The average Bonchev–Trinajstić information content (AvgIpc) is 4.01. The molecule has 1 aromatic carbocycles. The lowest BCUT2D eigenvalue weighted by molar-refractivity contribution is -0.161. The minimum Gasteiger partial charge on any atom is -0.438 e. The van der Waals surface area contributed by atoms with Crippen LogP contribution >= 0.6 is 16.1 Å². The Kier molecular flexibility index (Phi) is 15.1. The van der Waals surface area contributed by atoms with Crippen molar-refractivity contribution in [3.05, 3.63) is 59.3 Å². The van der Waals surface area contributed by atoms with Gasteiger partial charge in [0.05, 0.1) is 40.3 Å². The van der Waals surface area contributed by atoms with Crippen molar-refractivity contribution >= 4 is 55.1 Å². The number of anilines is 1. The number of sulfone groups is 1. The highest BCUT2D eigenvalue weighted by Gasteiger charge is 2.54. The summed E-state index contributed by atoms with van der Waals surface area (Å²) < 4.78 is 92.6. The molecule has 1 N–H and O–H groups in total. The molecule has 63 heavy (non-hydrogen) atoms. The van der Waals surface area contributed by atoms with Crippen molar-refractivity contribution in [1.82, 2.24) is 29.2 Å². The van der Waals surface area contributed by atoms with Crippen LogP contribution in [0.5, 0.6) is 0 Å². The van der Waals surface area contributed by atoms with E-state index in [0.717, 1.165) is 6.42 Å². The third kappa shape index (κ3) is 11.6. The van der Waals surface area contributed by atoms with Gasteiger partial charge in [-0.15, -0.1) is 5.10 Å². The lowest BCUT2D eigenvalue weighted by Crippen LogP contribution is -2.39. The number of methoxy groups -OCH3 is 1. The molecule has 0 bridgehead atoms. The molecule has 3 aliphatic heterocycles. The smallest absolute Gasteiger partial charge is 0.388 e. The largest absolute Gasteiger partial charge is 0.438 e. The van der Waals surface area contributed by atoms with Crippen molar-refractivity contribution in [2.75, 3.05) is 38.3 Å². The molecular formula is C38H53N7O15P2S. The van der Waals surface area contributed by atoms with Crippen molar-refractivity contribution in [3.63, 3.8) is 0 Å². The first-order chi connectivity index (χ1) is 29.6. The normalized spacial score (nSPS) is 24.3. The third-order valence-corrected chi connectivity index (χ3v) is 15.2. The quantitative estimate of drug-likeness (QED) is 0.116. The van der Waals surface area contributed by atoms with E-state index in [1.165, 1.54) is 53.9 Å². The number of nitrogens with zero attached hydrogens (tertiary/aromatic N) is 6. The third-order valence-electron chi connectivity index (χ3n) is 10.0. The van der Waals surface area contributed by atoms with Crippen molar-refractivity contribution < 1.29 is 64.4 Å².